The summed E-state index contributed by atoms with van der Waals surface area (Å²) >= 11 is 0. The summed E-state index contributed by atoms with van der Waals surface area (Å²) in [6.07, 6.45) is 5.13. The van der Waals surface area contributed by atoms with Crippen LogP contribution in [0.1, 0.15) is 34.7 Å². The van der Waals surface area contributed by atoms with Crippen LogP contribution in [0.4, 0.5) is 0 Å². The van der Waals surface area contributed by atoms with Crippen molar-refractivity contribution >= 4 is 11.6 Å². The minimum Gasteiger partial charge on any atom is -0.334 e. The Kier molecular flexibility index (Phi) is 3.95. The van der Waals surface area contributed by atoms with Crippen LogP contribution in [0.5, 0.6) is 0 Å². The number of aryl methyl sites for hydroxylation is 1. The number of nitrogens with zero attached hydrogens (tertiary/aromatic N) is 3. The molecule has 7 heteroatoms. The van der Waals surface area contributed by atoms with Crippen molar-refractivity contribution < 1.29 is 4.79 Å². The molecule has 4 rings (SSSR count). The molecule has 0 saturated carbocycles. The molecule has 0 radical (unpaired) electrons. The lowest BCUT2D eigenvalue weighted by atomic mass is 9.95. The molecule has 3 atom stereocenters. The summed E-state index contributed by atoms with van der Waals surface area (Å²) in [7, 11) is 0. The summed E-state index contributed by atoms with van der Waals surface area (Å²) in [6, 6.07) is 9.87. The molecular formula is C18H20N6O. The van der Waals surface area contributed by atoms with Gasteiger partial charge in [-0.1, -0.05) is 13.0 Å². The third kappa shape index (κ3) is 2.88. The van der Waals surface area contributed by atoms with E-state index in [1.807, 2.05) is 41.7 Å². The number of fused-ring (bicyclic) bond motifs is 1. The number of nitrogens with one attached hydrogen (secondary N) is 3. The van der Waals surface area contributed by atoms with Crippen molar-refractivity contribution in [3.8, 4) is 0 Å². The van der Waals surface area contributed by atoms with Crippen molar-refractivity contribution in [2.75, 3.05) is 0 Å². The molecule has 1 fully saturated rings. The molecular weight excluding hydrogens is 316 g/mol. The van der Waals surface area contributed by atoms with E-state index >= 15 is 0 Å². The van der Waals surface area contributed by atoms with Crippen molar-refractivity contribution in [2.45, 2.75) is 26.1 Å². The summed E-state index contributed by atoms with van der Waals surface area (Å²) < 4.78 is 1.92. The second kappa shape index (κ2) is 6.27. The maximum absolute atomic E-state index is 12.6. The molecule has 4 heterocycles. The fourth-order valence-corrected chi connectivity index (χ4v) is 3.23. The third-order valence-electron chi connectivity index (χ3n) is 4.73. The molecule has 3 aromatic rings. The second-order valence-electron chi connectivity index (χ2n) is 6.38. The third-order valence-corrected chi connectivity index (χ3v) is 4.73. The molecule has 25 heavy (non-hydrogen) atoms. The van der Waals surface area contributed by atoms with Gasteiger partial charge in [0.1, 0.15) is 11.3 Å². The molecule has 128 valence electrons. The van der Waals surface area contributed by atoms with Gasteiger partial charge in [0, 0.05) is 30.2 Å². The van der Waals surface area contributed by atoms with Gasteiger partial charge in [-0.3, -0.25) is 9.78 Å². The van der Waals surface area contributed by atoms with Crippen LogP contribution in [-0.2, 0) is 0 Å². The minimum atomic E-state index is -0.190. The van der Waals surface area contributed by atoms with E-state index < -0.39 is 0 Å². The van der Waals surface area contributed by atoms with Gasteiger partial charge in [-0.25, -0.2) is 15.8 Å². The first-order chi connectivity index (χ1) is 12.1. The first-order valence-corrected chi connectivity index (χ1v) is 8.30. The maximum Gasteiger partial charge on any atom is 0.272 e. The van der Waals surface area contributed by atoms with Crippen LogP contribution < -0.4 is 16.2 Å². The van der Waals surface area contributed by atoms with Gasteiger partial charge in [-0.05, 0) is 36.8 Å². The summed E-state index contributed by atoms with van der Waals surface area (Å²) in [4.78, 5) is 21.1. The van der Waals surface area contributed by atoms with Crippen molar-refractivity contribution in [3.05, 3.63) is 65.9 Å². The number of rotatable bonds is 3. The molecule has 1 saturated heterocycles. The number of imidazole rings is 1. The standard InChI is InChI=1S/C18H20N6O/c1-11-4-3-5-15-20-14(10-24(11)15)18(25)21-17-12(2)16(22-23-17)13-6-8-19-9-7-13/h3-10,12,16-17,22-23H,1-2H3,(H,21,25). The van der Waals surface area contributed by atoms with E-state index in [2.05, 4.69) is 33.1 Å². The number of hydrogen-bond donors (Lipinski definition) is 3. The van der Waals surface area contributed by atoms with Crippen molar-refractivity contribution in [3.63, 3.8) is 0 Å². The highest BCUT2D eigenvalue weighted by Gasteiger charge is 2.34. The van der Waals surface area contributed by atoms with E-state index in [4.69, 9.17) is 0 Å². The molecule has 0 bridgehead atoms. The SMILES string of the molecule is Cc1cccc2nc(C(=O)NC3NNC(c4ccncc4)C3C)cn12. The first-order valence-electron chi connectivity index (χ1n) is 8.30. The number of carbonyl (C=O) groups excluding carboxylic acids is 1. The van der Waals surface area contributed by atoms with Gasteiger partial charge < -0.3 is 9.72 Å². The van der Waals surface area contributed by atoms with Crippen LogP contribution in [-0.4, -0.2) is 26.4 Å². The molecule has 3 aromatic heterocycles. The van der Waals surface area contributed by atoms with E-state index in [-0.39, 0.29) is 24.0 Å². The van der Waals surface area contributed by atoms with Gasteiger partial charge in [0.05, 0.1) is 12.2 Å². The van der Waals surface area contributed by atoms with Crippen LogP contribution in [0.15, 0.2) is 48.9 Å². The number of pyridine rings is 2. The Morgan fingerprint density at radius 1 is 1.20 bits per heavy atom. The second-order valence-corrected chi connectivity index (χ2v) is 6.38. The average molecular weight is 336 g/mol. The van der Waals surface area contributed by atoms with Crippen molar-refractivity contribution in [1.29, 1.82) is 0 Å². The van der Waals surface area contributed by atoms with Gasteiger partial charge in [0.25, 0.3) is 5.91 Å². The number of aromatic nitrogens is 3. The molecule has 7 nitrogen and oxygen atoms in total. The summed E-state index contributed by atoms with van der Waals surface area (Å²) in [5.41, 5.74) is 9.76. The number of amides is 1. The predicted molar refractivity (Wildman–Crippen MR) is 93.6 cm³/mol. The van der Waals surface area contributed by atoms with Crippen LogP contribution >= 0.6 is 0 Å². The molecule has 1 aliphatic heterocycles. The van der Waals surface area contributed by atoms with Crippen molar-refractivity contribution in [1.82, 2.24) is 30.5 Å². The Morgan fingerprint density at radius 3 is 2.76 bits per heavy atom. The maximum atomic E-state index is 12.6. The molecule has 0 aromatic carbocycles. The van der Waals surface area contributed by atoms with E-state index in [0.717, 1.165) is 16.9 Å². The lowest BCUT2D eigenvalue weighted by Crippen LogP contribution is -2.46. The lowest BCUT2D eigenvalue weighted by molar-refractivity contribution is 0.0918. The lowest BCUT2D eigenvalue weighted by Gasteiger charge is -2.19. The molecule has 0 spiro atoms. The average Bonchev–Trinajstić information content (AvgIpc) is 3.21. The quantitative estimate of drug-likeness (QED) is 0.676. The zero-order valence-corrected chi connectivity index (χ0v) is 14.1. The van der Waals surface area contributed by atoms with E-state index in [9.17, 15) is 4.79 Å². The zero-order valence-electron chi connectivity index (χ0n) is 14.1. The fraction of sp³-hybridized carbons (Fsp3) is 0.278. The Bertz CT molecular complexity index is 906. The number of hydrogen-bond acceptors (Lipinski definition) is 5. The molecule has 3 N–H and O–H groups in total. The largest absolute Gasteiger partial charge is 0.334 e. The Balaban J connectivity index is 1.50. The zero-order chi connectivity index (χ0) is 17.4. The fourth-order valence-electron chi connectivity index (χ4n) is 3.23. The summed E-state index contributed by atoms with van der Waals surface area (Å²) in [5.74, 6) is -0.0188. The highest BCUT2D eigenvalue weighted by Crippen LogP contribution is 2.26. The van der Waals surface area contributed by atoms with Crippen LogP contribution in [0.2, 0.25) is 0 Å². The monoisotopic (exact) mass is 336 g/mol. The Labute approximate surface area is 145 Å². The predicted octanol–water partition coefficient (Wildman–Crippen LogP) is 1.58. The highest BCUT2D eigenvalue weighted by atomic mass is 16.2. The van der Waals surface area contributed by atoms with E-state index in [1.165, 1.54) is 0 Å². The van der Waals surface area contributed by atoms with Crippen LogP contribution in [0.25, 0.3) is 5.65 Å². The highest BCUT2D eigenvalue weighted by molar-refractivity contribution is 5.93. The van der Waals surface area contributed by atoms with E-state index in [0.29, 0.717) is 5.69 Å². The van der Waals surface area contributed by atoms with Crippen LogP contribution in [0, 0.1) is 12.8 Å². The first kappa shape index (κ1) is 15.7. The van der Waals surface area contributed by atoms with Gasteiger partial charge in [-0.15, -0.1) is 0 Å². The Hall–Kier alpha value is -2.77. The van der Waals surface area contributed by atoms with Gasteiger partial charge in [0.15, 0.2) is 0 Å². The summed E-state index contributed by atoms with van der Waals surface area (Å²) in [5, 5.41) is 3.02. The van der Waals surface area contributed by atoms with Gasteiger partial charge in [-0.2, -0.15) is 0 Å². The number of carbonyl (C=O) groups is 1. The van der Waals surface area contributed by atoms with Gasteiger partial charge in [0.2, 0.25) is 0 Å². The molecule has 3 unspecified atom stereocenters. The molecule has 1 aliphatic rings. The Morgan fingerprint density at radius 2 is 2.00 bits per heavy atom. The summed E-state index contributed by atoms with van der Waals surface area (Å²) in [6.45, 7) is 4.08. The minimum absolute atomic E-state index is 0.108. The van der Waals surface area contributed by atoms with Gasteiger partial charge >= 0.3 is 0 Å². The topological polar surface area (TPSA) is 83.3 Å². The van der Waals surface area contributed by atoms with E-state index in [1.54, 1.807) is 18.6 Å². The smallest absolute Gasteiger partial charge is 0.272 e. The molecule has 1 amide bonds. The molecule has 0 aliphatic carbocycles. The number of hydrazine groups is 1. The van der Waals surface area contributed by atoms with Crippen molar-refractivity contribution in [2.24, 2.45) is 5.92 Å². The normalized spacial score (nSPS) is 23.0. The van der Waals surface area contributed by atoms with Crippen LogP contribution in [0.3, 0.4) is 0 Å².